The van der Waals surface area contributed by atoms with Crippen LogP contribution in [-0.4, -0.2) is 53.8 Å². The number of hydrogen-bond donors (Lipinski definition) is 1. The summed E-state index contributed by atoms with van der Waals surface area (Å²) in [7, 11) is 3.16. The first-order valence-electron chi connectivity index (χ1n) is 10.4. The molecule has 1 unspecified atom stereocenters. The van der Waals surface area contributed by atoms with Gasteiger partial charge in [0.15, 0.2) is 0 Å². The maximum Gasteiger partial charge on any atom is 0.318 e. The van der Waals surface area contributed by atoms with Gasteiger partial charge in [0.1, 0.15) is 18.1 Å². The Morgan fingerprint density at radius 1 is 1.16 bits per heavy atom. The number of carbonyl (C=O) groups excluding carboxylic acids is 2. The Bertz CT molecular complexity index is 997. The number of benzene rings is 2. The van der Waals surface area contributed by atoms with Crippen molar-refractivity contribution in [3.8, 4) is 5.75 Å². The number of hydrogen-bond acceptors (Lipinski definition) is 4. The van der Waals surface area contributed by atoms with E-state index in [4.69, 9.17) is 4.74 Å². The fourth-order valence-electron chi connectivity index (χ4n) is 3.41. The van der Waals surface area contributed by atoms with E-state index in [0.717, 1.165) is 11.1 Å². The second-order valence-corrected chi connectivity index (χ2v) is 8.82. The predicted octanol–water partition coefficient (Wildman–Crippen LogP) is 3.95. The van der Waals surface area contributed by atoms with E-state index >= 15 is 0 Å². The number of methoxy groups -OCH3 is 1. The monoisotopic (exact) mass is 440 g/mol. The molecule has 32 heavy (non-hydrogen) atoms. The van der Waals surface area contributed by atoms with E-state index in [-0.39, 0.29) is 30.3 Å². The largest absolute Gasteiger partial charge is 0.497 e. The summed E-state index contributed by atoms with van der Waals surface area (Å²) in [5, 5.41) is 8.82. The fraction of sp³-hybridized carbons (Fsp3) is 0.375. The second-order valence-electron chi connectivity index (χ2n) is 8.82. The van der Waals surface area contributed by atoms with Crippen LogP contribution in [0.15, 0.2) is 53.6 Å². The summed E-state index contributed by atoms with van der Waals surface area (Å²) in [4.78, 5) is 26.9. The third-order valence-corrected chi connectivity index (χ3v) is 5.04. The van der Waals surface area contributed by atoms with Crippen molar-refractivity contribution in [1.29, 1.82) is 0 Å². The standard InChI is InChI=1S/C24H29FN4O3/c1-24(2,3)26-23(31)28(4)15-22(30)29-21(17-8-12-19(32-5)13-9-17)14-20(27-29)16-6-10-18(25)11-7-16/h6-13,21H,14-15H2,1-5H3,(H,26,31). The molecule has 1 aliphatic heterocycles. The van der Waals surface area contributed by atoms with Gasteiger partial charge in [0.2, 0.25) is 0 Å². The lowest BCUT2D eigenvalue weighted by Gasteiger charge is -2.28. The highest BCUT2D eigenvalue weighted by Crippen LogP contribution is 2.33. The molecule has 0 saturated heterocycles. The number of likely N-dealkylation sites (N-methyl/N-ethyl adjacent to an activating group) is 1. The van der Waals surface area contributed by atoms with Crippen LogP contribution in [0.25, 0.3) is 0 Å². The van der Waals surface area contributed by atoms with Crippen LogP contribution in [0.4, 0.5) is 9.18 Å². The van der Waals surface area contributed by atoms with Crippen molar-refractivity contribution in [3.05, 3.63) is 65.5 Å². The molecule has 0 aromatic heterocycles. The Kier molecular flexibility index (Phi) is 6.81. The van der Waals surface area contributed by atoms with Crippen molar-refractivity contribution in [3.63, 3.8) is 0 Å². The molecule has 1 heterocycles. The molecule has 1 aliphatic rings. The summed E-state index contributed by atoms with van der Waals surface area (Å²) < 4.78 is 18.6. The zero-order valence-electron chi connectivity index (χ0n) is 19.1. The zero-order chi connectivity index (χ0) is 23.5. The van der Waals surface area contributed by atoms with Crippen molar-refractivity contribution < 1.29 is 18.7 Å². The molecule has 0 spiro atoms. The molecular weight excluding hydrogens is 411 g/mol. The normalized spacial score (nSPS) is 15.9. The van der Waals surface area contributed by atoms with E-state index in [2.05, 4.69) is 10.4 Å². The first-order chi connectivity index (χ1) is 15.1. The first-order valence-corrected chi connectivity index (χ1v) is 10.4. The number of rotatable bonds is 5. The van der Waals surface area contributed by atoms with E-state index in [1.807, 2.05) is 45.0 Å². The minimum Gasteiger partial charge on any atom is -0.497 e. The molecule has 8 heteroatoms. The first kappa shape index (κ1) is 23.2. The van der Waals surface area contributed by atoms with Crippen LogP contribution in [0, 0.1) is 5.82 Å². The maximum absolute atomic E-state index is 13.4. The van der Waals surface area contributed by atoms with Crippen LogP contribution in [0.3, 0.4) is 0 Å². The second kappa shape index (κ2) is 9.38. The molecule has 0 bridgehead atoms. The number of amides is 3. The van der Waals surface area contributed by atoms with Gasteiger partial charge in [-0.05, 0) is 56.2 Å². The summed E-state index contributed by atoms with van der Waals surface area (Å²) in [6, 6.07) is 12.8. The van der Waals surface area contributed by atoms with E-state index < -0.39 is 5.54 Å². The van der Waals surface area contributed by atoms with Crippen molar-refractivity contribution in [2.45, 2.75) is 38.8 Å². The molecule has 2 aromatic carbocycles. The number of halogens is 1. The van der Waals surface area contributed by atoms with Gasteiger partial charge < -0.3 is 15.0 Å². The summed E-state index contributed by atoms with van der Waals surface area (Å²) in [6.45, 7) is 5.49. The number of ether oxygens (including phenoxy) is 1. The molecule has 7 nitrogen and oxygen atoms in total. The zero-order valence-corrected chi connectivity index (χ0v) is 19.1. The van der Waals surface area contributed by atoms with Gasteiger partial charge in [-0.3, -0.25) is 4.79 Å². The molecule has 0 radical (unpaired) electrons. The van der Waals surface area contributed by atoms with Crippen LogP contribution < -0.4 is 10.1 Å². The van der Waals surface area contributed by atoms with Crippen molar-refractivity contribution in [1.82, 2.24) is 15.2 Å². The lowest BCUT2D eigenvalue weighted by molar-refractivity contribution is -0.133. The van der Waals surface area contributed by atoms with Gasteiger partial charge in [0.25, 0.3) is 5.91 Å². The van der Waals surface area contributed by atoms with E-state index in [1.165, 1.54) is 22.0 Å². The molecule has 1 N–H and O–H groups in total. The Balaban J connectivity index is 1.85. The molecule has 0 saturated carbocycles. The topological polar surface area (TPSA) is 74.2 Å². The lowest BCUT2D eigenvalue weighted by atomic mass is 9.98. The third-order valence-electron chi connectivity index (χ3n) is 5.04. The number of nitrogens with one attached hydrogen (secondary N) is 1. The number of carbonyl (C=O) groups is 2. The SMILES string of the molecule is COc1ccc(C2CC(c3ccc(F)cc3)=NN2C(=O)CN(C)C(=O)NC(C)(C)C)cc1. The van der Waals surface area contributed by atoms with Gasteiger partial charge in [-0.2, -0.15) is 5.10 Å². The summed E-state index contributed by atoms with van der Waals surface area (Å²) >= 11 is 0. The molecule has 2 aromatic rings. The molecule has 0 aliphatic carbocycles. The van der Waals surface area contributed by atoms with Gasteiger partial charge in [0.05, 0.1) is 18.9 Å². The van der Waals surface area contributed by atoms with Crippen LogP contribution in [-0.2, 0) is 4.79 Å². The number of urea groups is 1. The lowest BCUT2D eigenvalue weighted by Crippen LogP contribution is -2.49. The Labute approximate surface area is 187 Å². The van der Waals surface area contributed by atoms with Crippen molar-refractivity contribution in [2.75, 3.05) is 20.7 Å². The highest BCUT2D eigenvalue weighted by atomic mass is 19.1. The highest BCUT2D eigenvalue weighted by molar-refractivity contribution is 6.03. The van der Waals surface area contributed by atoms with E-state index in [9.17, 15) is 14.0 Å². The predicted molar refractivity (Wildman–Crippen MR) is 121 cm³/mol. The number of hydrazone groups is 1. The van der Waals surface area contributed by atoms with Crippen LogP contribution in [0.5, 0.6) is 5.75 Å². The van der Waals surface area contributed by atoms with Crippen LogP contribution in [0.1, 0.15) is 44.4 Å². The average Bonchev–Trinajstić information content (AvgIpc) is 3.18. The molecule has 0 fully saturated rings. The minimum atomic E-state index is -0.415. The van der Waals surface area contributed by atoms with Gasteiger partial charge in [0, 0.05) is 19.0 Å². The van der Waals surface area contributed by atoms with Gasteiger partial charge in [-0.25, -0.2) is 14.2 Å². The highest BCUT2D eigenvalue weighted by Gasteiger charge is 2.34. The van der Waals surface area contributed by atoms with E-state index in [1.54, 1.807) is 26.3 Å². The Morgan fingerprint density at radius 3 is 2.34 bits per heavy atom. The van der Waals surface area contributed by atoms with Gasteiger partial charge in [-0.1, -0.05) is 24.3 Å². The van der Waals surface area contributed by atoms with Gasteiger partial charge >= 0.3 is 6.03 Å². The summed E-state index contributed by atoms with van der Waals surface area (Å²) in [5.41, 5.74) is 1.91. The Hall–Kier alpha value is -3.42. The quantitative estimate of drug-likeness (QED) is 0.765. The third kappa shape index (κ3) is 5.63. The molecule has 1 atom stereocenters. The summed E-state index contributed by atoms with van der Waals surface area (Å²) in [5.74, 6) is 0.0656. The Morgan fingerprint density at radius 2 is 1.78 bits per heavy atom. The van der Waals surface area contributed by atoms with Gasteiger partial charge in [-0.15, -0.1) is 0 Å². The van der Waals surface area contributed by atoms with Crippen LogP contribution in [0.2, 0.25) is 0 Å². The van der Waals surface area contributed by atoms with Crippen LogP contribution >= 0.6 is 0 Å². The van der Waals surface area contributed by atoms with Crippen molar-refractivity contribution >= 4 is 17.6 Å². The smallest absolute Gasteiger partial charge is 0.318 e. The average molecular weight is 441 g/mol. The molecular formula is C24H29FN4O3. The minimum absolute atomic E-state index is 0.130. The molecule has 3 amide bonds. The maximum atomic E-state index is 13.4. The molecule has 3 rings (SSSR count). The fourth-order valence-corrected chi connectivity index (χ4v) is 3.41. The summed E-state index contributed by atoms with van der Waals surface area (Å²) in [6.07, 6.45) is 0.474. The molecule has 170 valence electrons. The van der Waals surface area contributed by atoms with Crippen molar-refractivity contribution in [2.24, 2.45) is 5.10 Å². The number of nitrogens with zero attached hydrogens (tertiary/aromatic N) is 3. The van der Waals surface area contributed by atoms with E-state index in [0.29, 0.717) is 17.9 Å².